The number of anilines is 1. The van der Waals surface area contributed by atoms with Crippen molar-refractivity contribution in [3.05, 3.63) is 29.3 Å². The van der Waals surface area contributed by atoms with Crippen LogP contribution in [0.15, 0.2) is 12.1 Å². The van der Waals surface area contributed by atoms with Gasteiger partial charge in [-0.2, -0.15) is 0 Å². The molecular weight excluding hydrogens is 158 g/mol. The first-order valence-corrected chi connectivity index (χ1v) is 4.92. The first-order chi connectivity index (χ1) is 6.19. The molecular formula is C12H18N. The second-order valence-corrected chi connectivity index (χ2v) is 3.38. The van der Waals surface area contributed by atoms with Crippen LogP contribution in [0.3, 0.4) is 0 Å². The lowest BCUT2D eigenvalue weighted by molar-refractivity contribution is 0.860. The molecule has 13 heavy (non-hydrogen) atoms. The predicted octanol–water partition coefficient (Wildman–Crippen LogP) is 2.95. The average molecular weight is 176 g/mol. The zero-order chi connectivity index (χ0) is 9.84. The third-order valence-electron chi connectivity index (χ3n) is 2.33. The molecule has 0 fully saturated rings. The van der Waals surface area contributed by atoms with Crippen LogP contribution >= 0.6 is 0 Å². The van der Waals surface area contributed by atoms with Gasteiger partial charge in [0.1, 0.15) is 0 Å². The van der Waals surface area contributed by atoms with E-state index in [-0.39, 0.29) is 0 Å². The van der Waals surface area contributed by atoms with Gasteiger partial charge in [-0.3, -0.25) is 0 Å². The van der Waals surface area contributed by atoms with E-state index >= 15 is 0 Å². The van der Waals surface area contributed by atoms with E-state index in [9.17, 15) is 0 Å². The molecule has 0 heterocycles. The lowest BCUT2D eigenvalue weighted by Crippen LogP contribution is -2.22. The molecule has 1 nitrogen and oxygen atoms in total. The smallest absolute Gasteiger partial charge is 0.0476 e. The monoisotopic (exact) mass is 176 g/mol. The molecule has 0 spiro atoms. The highest BCUT2D eigenvalue weighted by Gasteiger charge is 2.04. The van der Waals surface area contributed by atoms with Gasteiger partial charge in [-0.1, -0.05) is 11.6 Å². The number of rotatable bonds is 3. The van der Waals surface area contributed by atoms with E-state index in [2.05, 4.69) is 50.8 Å². The maximum absolute atomic E-state index is 3.33. The molecule has 0 saturated heterocycles. The van der Waals surface area contributed by atoms with Crippen LogP contribution in [0.4, 0.5) is 5.69 Å². The molecule has 1 aromatic carbocycles. The fraction of sp³-hybridized carbons (Fsp3) is 0.500. The Labute approximate surface area is 81.4 Å². The Balaban J connectivity index is 2.99. The molecule has 71 valence electrons. The van der Waals surface area contributed by atoms with Crippen molar-refractivity contribution >= 4 is 5.69 Å². The third-order valence-corrected chi connectivity index (χ3v) is 2.33. The first kappa shape index (κ1) is 10.1. The molecule has 0 saturated carbocycles. The lowest BCUT2D eigenvalue weighted by atomic mass is 10.1. The molecule has 0 amide bonds. The Morgan fingerprint density at radius 3 is 2.31 bits per heavy atom. The zero-order valence-corrected chi connectivity index (χ0v) is 9.02. The van der Waals surface area contributed by atoms with Crippen molar-refractivity contribution in [1.82, 2.24) is 0 Å². The van der Waals surface area contributed by atoms with Crippen LogP contribution in [0.5, 0.6) is 0 Å². The Morgan fingerprint density at radius 2 is 1.85 bits per heavy atom. The SMILES string of the molecule is CCN(CC)c1[c]cc(C)cc1C. The third kappa shape index (κ3) is 2.24. The van der Waals surface area contributed by atoms with E-state index < -0.39 is 0 Å². The summed E-state index contributed by atoms with van der Waals surface area (Å²) in [6.07, 6.45) is 0. The highest BCUT2D eigenvalue weighted by atomic mass is 15.1. The van der Waals surface area contributed by atoms with E-state index in [0.717, 1.165) is 13.1 Å². The number of nitrogens with zero attached hydrogens (tertiary/aromatic N) is 1. The van der Waals surface area contributed by atoms with E-state index in [1.165, 1.54) is 16.8 Å². The lowest BCUT2D eigenvalue weighted by Gasteiger charge is -2.22. The largest absolute Gasteiger partial charge is 0.371 e. The molecule has 0 N–H and O–H groups in total. The van der Waals surface area contributed by atoms with Crippen molar-refractivity contribution in [2.75, 3.05) is 18.0 Å². The molecule has 1 heteroatoms. The molecule has 1 radical (unpaired) electrons. The van der Waals surface area contributed by atoms with E-state index in [1.54, 1.807) is 0 Å². The normalized spacial score (nSPS) is 10.2. The van der Waals surface area contributed by atoms with Crippen LogP contribution in [-0.4, -0.2) is 13.1 Å². The quantitative estimate of drug-likeness (QED) is 0.684. The molecule has 0 unspecified atom stereocenters. The zero-order valence-electron chi connectivity index (χ0n) is 9.02. The Kier molecular flexibility index (Phi) is 3.35. The van der Waals surface area contributed by atoms with Crippen LogP contribution in [0, 0.1) is 19.9 Å². The van der Waals surface area contributed by atoms with Gasteiger partial charge >= 0.3 is 0 Å². The summed E-state index contributed by atoms with van der Waals surface area (Å²) in [7, 11) is 0. The summed E-state index contributed by atoms with van der Waals surface area (Å²) in [5, 5.41) is 0. The average Bonchev–Trinajstić information content (AvgIpc) is 2.10. The Hall–Kier alpha value is -0.980. The summed E-state index contributed by atoms with van der Waals surface area (Å²) in [4.78, 5) is 2.33. The number of aryl methyl sites for hydroxylation is 2. The fourth-order valence-electron chi connectivity index (χ4n) is 1.63. The minimum atomic E-state index is 1.05. The van der Waals surface area contributed by atoms with Crippen molar-refractivity contribution in [2.45, 2.75) is 27.7 Å². The minimum Gasteiger partial charge on any atom is -0.371 e. The Morgan fingerprint density at radius 1 is 1.23 bits per heavy atom. The molecule has 1 rings (SSSR count). The van der Waals surface area contributed by atoms with Crippen LogP contribution < -0.4 is 4.90 Å². The second-order valence-electron chi connectivity index (χ2n) is 3.38. The first-order valence-electron chi connectivity index (χ1n) is 4.92. The Bertz CT molecular complexity index is 274. The van der Waals surface area contributed by atoms with Gasteiger partial charge in [0.05, 0.1) is 0 Å². The molecule has 0 aliphatic heterocycles. The second kappa shape index (κ2) is 4.31. The molecule has 0 aliphatic carbocycles. The number of hydrogen-bond acceptors (Lipinski definition) is 1. The molecule has 0 aromatic heterocycles. The van der Waals surface area contributed by atoms with Gasteiger partial charge in [-0.25, -0.2) is 0 Å². The number of benzene rings is 1. The van der Waals surface area contributed by atoms with Crippen molar-refractivity contribution < 1.29 is 0 Å². The summed E-state index contributed by atoms with van der Waals surface area (Å²) >= 11 is 0. The van der Waals surface area contributed by atoms with E-state index in [0.29, 0.717) is 0 Å². The molecule has 1 aromatic rings. The minimum absolute atomic E-state index is 1.05. The van der Waals surface area contributed by atoms with Crippen molar-refractivity contribution in [1.29, 1.82) is 0 Å². The van der Waals surface area contributed by atoms with Gasteiger partial charge in [0, 0.05) is 24.8 Å². The maximum atomic E-state index is 3.33. The van der Waals surface area contributed by atoms with Crippen LogP contribution in [0.1, 0.15) is 25.0 Å². The van der Waals surface area contributed by atoms with Crippen LogP contribution in [-0.2, 0) is 0 Å². The van der Waals surface area contributed by atoms with Crippen LogP contribution in [0.25, 0.3) is 0 Å². The van der Waals surface area contributed by atoms with E-state index in [1.807, 2.05) is 0 Å². The summed E-state index contributed by atoms with van der Waals surface area (Å²) in [5.74, 6) is 0. The van der Waals surface area contributed by atoms with Crippen molar-refractivity contribution in [2.24, 2.45) is 0 Å². The van der Waals surface area contributed by atoms with Gasteiger partial charge in [-0.05, 0) is 39.3 Å². The van der Waals surface area contributed by atoms with Gasteiger partial charge in [0.15, 0.2) is 0 Å². The van der Waals surface area contributed by atoms with E-state index in [4.69, 9.17) is 0 Å². The highest BCUT2D eigenvalue weighted by molar-refractivity contribution is 5.53. The number of hydrogen-bond donors (Lipinski definition) is 0. The summed E-state index contributed by atoms with van der Waals surface area (Å²) in [5.41, 5.74) is 3.85. The van der Waals surface area contributed by atoms with Crippen LogP contribution in [0.2, 0.25) is 0 Å². The standard InChI is InChI=1S/C12H18N/c1-5-13(6-2)12-8-7-10(3)9-11(12)4/h7,9H,5-6H2,1-4H3. The summed E-state index contributed by atoms with van der Waals surface area (Å²) in [6, 6.07) is 7.60. The van der Waals surface area contributed by atoms with Gasteiger partial charge in [0.2, 0.25) is 0 Å². The summed E-state index contributed by atoms with van der Waals surface area (Å²) < 4.78 is 0. The van der Waals surface area contributed by atoms with Gasteiger partial charge < -0.3 is 4.90 Å². The maximum Gasteiger partial charge on any atom is 0.0476 e. The molecule has 0 aliphatic rings. The topological polar surface area (TPSA) is 3.24 Å². The van der Waals surface area contributed by atoms with Gasteiger partial charge in [-0.15, -0.1) is 0 Å². The van der Waals surface area contributed by atoms with Gasteiger partial charge in [0.25, 0.3) is 0 Å². The molecule has 0 atom stereocenters. The highest BCUT2D eigenvalue weighted by Crippen LogP contribution is 2.19. The fourth-order valence-corrected chi connectivity index (χ4v) is 1.63. The van der Waals surface area contributed by atoms with Crippen molar-refractivity contribution in [3.63, 3.8) is 0 Å². The van der Waals surface area contributed by atoms with Crippen molar-refractivity contribution in [3.8, 4) is 0 Å². The predicted molar refractivity (Wildman–Crippen MR) is 58.3 cm³/mol. The summed E-state index contributed by atoms with van der Waals surface area (Å²) in [6.45, 7) is 10.7. The molecule has 0 bridgehead atoms.